The summed E-state index contributed by atoms with van der Waals surface area (Å²) in [4.78, 5) is 15.0. The molecule has 1 fully saturated rings. The Morgan fingerprint density at radius 1 is 1.21 bits per heavy atom. The highest BCUT2D eigenvalue weighted by Gasteiger charge is 2.28. The molecule has 1 aromatic heterocycles. The molecule has 3 rings (SSSR count). The zero-order chi connectivity index (χ0) is 20.9. The first-order valence-electron chi connectivity index (χ1n) is 9.44. The molecule has 156 valence electrons. The molecule has 1 aromatic carbocycles. The lowest BCUT2D eigenvalue weighted by molar-refractivity contribution is -0.384. The highest BCUT2D eigenvalue weighted by molar-refractivity contribution is 7.89. The number of ether oxygens (including phenoxy) is 1. The van der Waals surface area contributed by atoms with Crippen molar-refractivity contribution < 1.29 is 18.1 Å². The minimum absolute atomic E-state index is 0.0596. The van der Waals surface area contributed by atoms with Crippen LogP contribution in [0.5, 0.6) is 5.88 Å². The smallest absolute Gasteiger partial charge is 0.293 e. The average molecular weight is 420 g/mol. The SMILES string of the molecule is COc1ncccc1CNc1ccc(S(=O)(=O)N2CCCCCC2)cc1[N+](=O)[O-]. The second-order valence-electron chi connectivity index (χ2n) is 6.78. The van der Waals surface area contributed by atoms with Gasteiger partial charge in [-0.25, -0.2) is 13.4 Å². The summed E-state index contributed by atoms with van der Waals surface area (Å²) in [6.07, 6.45) is 5.18. The van der Waals surface area contributed by atoms with E-state index in [0.29, 0.717) is 19.0 Å². The molecule has 1 aliphatic rings. The Bertz CT molecular complexity index is 972. The first kappa shape index (κ1) is 21.0. The van der Waals surface area contributed by atoms with Gasteiger partial charge in [0.05, 0.1) is 16.9 Å². The fourth-order valence-corrected chi connectivity index (χ4v) is 4.87. The molecular formula is C19H24N4O5S. The van der Waals surface area contributed by atoms with E-state index < -0.39 is 14.9 Å². The van der Waals surface area contributed by atoms with E-state index in [-0.39, 0.29) is 22.8 Å². The zero-order valence-corrected chi connectivity index (χ0v) is 17.0. The van der Waals surface area contributed by atoms with Crippen LogP contribution in [-0.4, -0.2) is 42.8 Å². The van der Waals surface area contributed by atoms with Crippen LogP contribution in [0.25, 0.3) is 0 Å². The number of rotatable bonds is 7. The number of nitrogens with one attached hydrogen (secondary N) is 1. The fourth-order valence-electron chi connectivity index (χ4n) is 3.34. The van der Waals surface area contributed by atoms with Gasteiger partial charge in [-0.15, -0.1) is 0 Å². The van der Waals surface area contributed by atoms with E-state index in [1.54, 1.807) is 18.3 Å². The summed E-state index contributed by atoms with van der Waals surface area (Å²) >= 11 is 0. The quantitative estimate of drug-likeness (QED) is 0.540. The maximum Gasteiger partial charge on any atom is 0.293 e. The van der Waals surface area contributed by atoms with Gasteiger partial charge in [-0.1, -0.05) is 18.9 Å². The summed E-state index contributed by atoms with van der Waals surface area (Å²) in [5.74, 6) is 0.419. The third-order valence-corrected chi connectivity index (χ3v) is 6.78. The molecule has 2 aromatic rings. The third-order valence-electron chi connectivity index (χ3n) is 4.88. The van der Waals surface area contributed by atoms with Crippen LogP contribution in [0.3, 0.4) is 0 Å². The molecule has 0 unspecified atom stereocenters. The van der Waals surface area contributed by atoms with Crippen LogP contribution in [0.4, 0.5) is 11.4 Å². The van der Waals surface area contributed by atoms with Gasteiger partial charge >= 0.3 is 0 Å². The molecule has 1 N–H and O–H groups in total. The van der Waals surface area contributed by atoms with Crippen LogP contribution in [0.15, 0.2) is 41.4 Å². The van der Waals surface area contributed by atoms with Crippen molar-refractivity contribution in [2.24, 2.45) is 0 Å². The lowest BCUT2D eigenvalue weighted by Gasteiger charge is -2.20. The number of aromatic nitrogens is 1. The Balaban J connectivity index is 1.86. The molecule has 2 heterocycles. The second-order valence-corrected chi connectivity index (χ2v) is 8.72. The molecule has 0 radical (unpaired) electrons. The molecule has 9 nitrogen and oxygen atoms in total. The second kappa shape index (κ2) is 9.19. The van der Waals surface area contributed by atoms with Crippen molar-refractivity contribution in [2.75, 3.05) is 25.5 Å². The maximum atomic E-state index is 12.9. The number of nitro groups is 1. The molecule has 0 amide bonds. The van der Waals surface area contributed by atoms with E-state index in [1.807, 2.05) is 0 Å². The number of methoxy groups -OCH3 is 1. The number of nitrogens with zero attached hydrogens (tertiary/aromatic N) is 3. The number of anilines is 1. The number of sulfonamides is 1. The predicted molar refractivity (Wildman–Crippen MR) is 108 cm³/mol. The number of hydrogen-bond acceptors (Lipinski definition) is 7. The Kier molecular flexibility index (Phi) is 6.65. The van der Waals surface area contributed by atoms with Crippen molar-refractivity contribution in [3.8, 4) is 5.88 Å². The summed E-state index contributed by atoms with van der Waals surface area (Å²) < 4.78 is 32.5. The van der Waals surface area contributed by atoms with E-state index in [0.717, 1.165) is 37.3 Å². The van der Waals surface area contributed by atoms with Crippen molar-refractivity contribution in [2.45, 2.75) is 37.1 Å². The number of nitro benzene ring substituents is 1. The Morgan fingerprint density at radius 2 is 1.93 bits per heavy atom. The largest absolute Gasteiger partial charge is 0.481 e. The highest BCUT2D eigenvalue weighted by Crippen LogP contribution is 2.30. The lowest BCUT2D eigenvalue weighted by atomic mass is 10.2. The van der Waals surface area contributed by atoms with Crippen molar-refractivity contribution in [3.05, 3.63) is 52.2 Å². The van der Waals surface area contributed by atoms with E-state index in [4.69, 9.17) is 4.74 Å². The van der Waals surface area contributed by atoms with Gasteiger partial charge in [0.2, 0.25) is 15.9 Å². The molecule has 0 bridgehead atoms. The first-order chi connectivity index (χ1) is 13.9. The fraction of sp³-hybridized carbons (Fsp3) is 0.421. The normalized spacial score (nSPS) is 15.5. The Morgan fingerprint density at radius 3 is 2.59 bits per heavy atom. The van der Waals surface area contributed by atoms with Crippen LogP contribution in [-0.2, 0) is 16.6 Å². The number of pyridine rings is 1. The molecule has 0 atom stereocenters. The van der Waals surface area contributed by atoms with Crippen molar-refractivity contribution >= 4 is 21.4 Å². The van der Waals surface area contributed by atoms with Crippen molar-refractivity contribution in [1.82, 2.24) is 9.29 Å². The molecular weight excluding hydrogens is 396 g/mol. The number of benzene rings is 1. The first-order valence-corrected chi connectivity index (χ1v) is 10.9. The van der Waals surface area contributed by atoms with E-state index >= 15 is 0 Å². The summed E-state index contributed by atoms with van der Waals surface area (Å²) in [5, 5.41) is 14.6. The monoisotopic (exact) mass is 420 g/mol. The maximum absolute atomic E-state index is 12.9. The summed E-state index contributed by atoms with van der Waals surface area (Å²) in [6, 6.07) is 7.51. The highest BCUT2D eigenvalue weighted by atomic mass is 32.2. The zero-order valence-electron chi connectivity index (χ0n) is 16.2. The lowest BCUT2D eigenvalue weighted by Crippen LogP contribution is -2.32. The summed E-state index contributed by atoms with van der Waals surface area (Å²) in [7, 11) is -2.27. The van der Waals surface area contributed by atoms with Gasteiger partial charge < -0.3 is 10.1 Å². The molecule has 0 spiro atoms. The van der Waals surface area contributed by atoms with Gasteiger partial charge in [0, 0.05) is 37.5 Å². The molecule has 10 heteroatoms. The van der Waals surface area contributed by atoms with Crippen molar-refractivity contribution in [1.29, 1.82) is 0 Å². The van der Waals surface area contributed by atoms with Gasteiger partial charge in [-0.05, 0) is 31.0 Å². The van der Waals surface area contributed by atoms with E-state index in [9.17, 15) is 18.5 Å². The summed E-state index contributed by atoms with van der Waals surface area (Å²) in [6.45, 7) is 1.13. The third kappa shape index (κ3) is 4.83. The van der Waals surface area contributed by atoms with Crippen LogP contribution < -0.4 is 10.1 Å². The summed E-state index contributed by atoms with van der Waals surface area (Å²) in [5.41, 5.74) is 0.671. The molecule has 1 saturated heterocycles. The Hall–Kier alpha value is -2.72. The van der Waals surface area contributed by atoms with Gasteiger partial charge in [0.15, 0.2) is 0 Å². The van der Waals surface area contributed by atoms with E-state index in [2.05, 4.69) is 10.3 Å². The minimum Gasteiger partial charge on any atom is -0.481 e. The van der Waals surface area contributed by atoms with Crippen LogP contribution in [0.2, 0.25) is 0 Å². The minimum atomic E-state index is -3.76. The van der Waals surface area contributed by atoms with Gasteiger partial charge in [-0.3, -0.25) is 10.1 Å². The molecule has 29 heavy (non-hydrogen) atoms. The van der Waals surface area contributed by atoms with Gasteiger partial charge in [-0.2, -0.15) is 4.31 Å². The predicted octanol–water partition coefficient (Wildman–Crippen LogP) is 3.18. The van der Waals surface area contributed by atoms with Crippen LogP contribution in [0.1, 0.15) is 31.2 Å². The van der Waals surface area contributed by atoms with Crippen molar-refractivity contribution in [3.63, 3.8) is 0 Å². The average Bonchev–Trinajstić information content (AvgIpc) is 3.02. The van der Waals surface area contributed by atoms with Crippen LogP contribution in [0, 0.1) is 10.1 Å². The number of hydrogen-bond donors (Lipinski definition) is 1. The molecule has 1 aliphatic heterocycles. The molecule has 0 saturated carbocycles. The molecule has 0 aliphatic carbocycles. The van der Waals surface area contributed by atoms with Gasteiger partial charge in [0.1, 0.15) is 5.69 Å². The van der Waals surface area contributed by atoms with E-state index in [1.165, 1.54) is 23.5 Å². The standard InChI is InChI=1S/C19H24N4O5S/c1-28-19-15(7-6-10-20-19)14-21-17-9-8-16(13-18(17)23(24)25)29(26,27)22-11-4-2-3-5-12-22/h6-10,13,21H,2-5,11-12,14H2,1H3. The van der Waals surface area contributed by atoms with Crippen LogP contribution >= 0.6 is 0 Å². The van der Waals surface area contributed by atoms with Gasteiger partial charge in [0.25, 0.3) is 5.69 Å². The topological polar surface area (TPSA) is 115 Å². The Labute approximate surface area is 169 Å².